The van der Waals surface area contributed by atoms with Gasteiger partial charge in [0.2, 0.25) is 11.8 Å². The Morgan fingerprint density at radius 2 is 1.54 bits per heavy atom. The molecular formula is C37H41F2N3O7S. The number of carboxylic acids is 1. The Kier molecular flexibility index (Phi) is 12.8. The highest BCUT2D eigenvalue weighted by molar-refractivity contribution is 8.00. The second-order valence-electron chi connectivity index (χ2n) is 12.6. The van der Waals surface area contributed by atoms with E-state index in [0.29, 0.717) is 29.3 Å². The van der Waals surface area contributed by atoms with Crippen molar-refractivity contribution in [1.82, 2.24) is 10.6 Å². The monoisotopic (exact) mass is 709 g/mol. The lowest BCUT2D eigenvalue weighted by atomic mass is 9.85. The molecule has 0 aromatic heterocycles. The summed E-state index contributed by atoms with van der Waals surface area (Å²) < 4.78 is 32.6. The lowest BCUT2D eigenvalue weighted by molar-refractivity contribution is -0.142. The molecule has 1 heterocycles. The van der Waals surface area contributed by atoms with Crippen molar-refractivity contribution in [3.8, 4) is 5.75 Å². The van der Waals surface area contributed by atoms with Gasteiger partial charge >= 0.3 is 5.97 Å². The molecule has 0 bridgehead atoms. The first kappa shape index (κ1) is 36.8. The predicted octanol–water partition coefficient (Wildman–Crippen LogP) is 5.31. The number of β-lactam (4-membered cyclic amide) rings is 1. The van der Waals surface area contributed by atoms with Crippen LogP contribution in [0.15, 0.2) is 72.8 Å². The summed E-state index contributed by atoms with van der Waals surface area (Å²) in [7, 11) is 0. The Morgan fingerprint density at radius 1 is 0.900 bits per heavy atom. The number of carbonyl (C=O) groups is 4. The molecule has 13 heteroatoms. The van der Waals surface area contributed by atoms with E-state index < -0.39 is 59.4 Å². The van der Waals surface area contributed by atoms with Crippen LogP contribution in [0.25, 0.3) is 0 Å². The van der Waals surface area contributed by atoms with E-state index >= 15 is 0 Å². The summed E-state index contributed by atoms with van der Waals surface area (Å²) in [5.74, 6) is -2.32. The summed E-state index contributed by atoms with van der Waals surface area (Å²) in [5.41, 5.74) is 1.78. The largest absolute Gasteiger partial charge is 0.484 e. The standard InChI is InChI=1S/C37H41F2N3O7S/c38-26-11-7-24(8-12-26)31(43)22-50-35-34(42(36(35)46)28-15-13-27(39)14-16-28)25-9-17-29(18-10-25)49-21-33(45)40-20-32(44)41-30(37(47)48)19-6-23-4-2-1-3-5-23/h7-18,23,30-31,34-35,43H,1-6,19-22H2,(H,40,45)(H,41,44)(H,47,48)/t30-,31?,34?,35?/m1/s1. The number of nitrogens with one attached hydrogen (secondary N) is 2. The fourth-order valence-corrected chi connectivity index (χ4v) is 7.63. The fraction of sp³-hybridized carbons (Fsp3) is 0.405. The third-order valence-electron chi connectivity index (χ3n) is 9.10. The van der Waals surface area contributed by atoms with Gasteiger partial charge in [0.25, 0.3) is 5.91 Å². The van der Waals surface area contributed by atoms with Crippen LogP contribution in [0.5, 0.6) is 5.75 Å². The van der Waals surface area contributed by atoms with Crippen molar-refractivity contribution >= 4 is 41.1 Å². The molecule has 0 radical (unpaired) electrons. The molecule has 3 amide bonds. The minimum absolute atomic E-state index is 0.182. The van der Waals surface area contributed by atoms with Crippen molar-refractivity contribution in [3.05, 3.63) is 95.6 Å². The number of halogens is 2. The molecule has 5 rings (SSSR count). The number of aliphatic hydroxyl groups is 1. The van der Waals surface area contributed by atoms with E-state index in [-0.39, 0.29) is 18.3 Å². The first-order chi connectivity index (χ1) is 24.1. The second-order valence-corrected chi connectivity index (χ2v) is 13.8. The lowest BCUT2D eigenvalue weighted by Gasteiger charge is -2.47. The minimum atomic E-state index is -1.10. The van der Waals surface area contributed by atoms with Gasteiger partial charge in [0.05, 0.1) is 18.7 Å². The Morgan fingerprint density at radius 3 is 2.18 bits per heavy atom. The molecule has 3 aromatic carbocycles. The molecule has 3 aromatic rings. The quantitative estimate of drug-likeness (QED) is 0.147. The molecule has 3 unspecified atom stereocenters. The van der Waals surface area contributed by atoms with Crippen LogP contribution in [0.4, 0.5) is 14.5 Å². The highest BCUT2D eigenvalue weighted by Gasteiger charge is 2.49. The predicted molar refractivity (Wildman–Crippen MR) is 185 cm³/mol. The van der Waals surface area contributed by atoms with Crippen molar-refractivity contribution in [3.63, 3.8) is 0 Å². The lowest BCUT2D eigenvalue weighted by Crippen LogP contribution is -2.57. The highest BCUT2D eigenvalue weighted by atomic mass is 32.2. The Hall–Kier alpha value is -4.49. The van der Waals surface area contributed by atoms with Gasteiger partial charge in [0.15, 0.2) is 6.61 Å². The van der Waals surface area contributed by atoms with Gasteiger partial charge in [-0.25, -0.2) is 13.6 Å². The topological polar surface area (TPSA) is 145 Å². The van der Waals surface area contributed by atoms with Crippen LogP contribution in [0.2, 0.25) is 0 Å². The Labute approximate surface area is 293 Å². The molecule has 1 saturated heterocycles. The third kappa shape index (κ3) is 9.81. The number of benzene rings is 3. The number of carboxylic acid groups (broad SMARTS) is 1. The normalized spacial score (nSPS) is 18.9. The van der Waals surface area contributed by atoms with Gasteiger partial charge in [-0.2, -0.15) is 0 Å². The van der Waals surface area contributed by atoms with E-state index in [0.717, 1.165) is 37.7 Å². The molecule has 1 aliphatic carbocycles. The molecule has 1 saturated carbocycles. The van der Waals surface area contributed by atoms with E-state index in [9.17, 15) is 38.2 Å². The number of rotatable bonds is 16. The molecule has 1 aliphatic heterocycles. The van der Waals surface area contributed by atoms with Crippen molar-refractivity contribution < 1.29 is 42.9 Å². The second kappa shape index (κ2) is 17.4. The van der Waals surface area contributed by atoms with Gasteiger partial charge in [-0.1, -0.05) is 56.4 Å². The molecule has 4 atom stereocenters. The number of aliphatic carboxylic acids is 1. The van der Waals surface area contributed by atoms with E-state index in [2.05, 4.69) is 10.6 Å². The zero-order valence-corrected chi connectivity index (χ0v) is 28.2. The van der Waals surface area contributed by atoms with Gasteiger partial charge in [0, 0.05) is 11.4 Å². The first-order valence-electron chi connectivity index (χ1n) is 16.7. The highest BCUT2D eigenvalue weighted by Crippen LogP contribution is 2.46. The summed E-state index contributed by atoms with van der Waals surface area (Å²) in [6.07, 6.45) is 5.82. The van der Waals surface area contributed by atoms with E-state index in [4.69, 9.17) is 4.74 Å². The van der Waals surface area contributed by atoms with Crippen LogP contribution in [-0.4, -0.2) is 64.1 Å². The number of carbonyl (C=O) groups excluding carboxylic acids is 3. The Bertz CT molecular complexity index is 1620. The summed E-state index contributed by atoms with van der Waals surface area (Å²) in [6.45, 7) is -0.780. The fourth-order valence-electron chi connectivity index (χ4n) is 6.34. The van der Waals surface area contributed by atoms with Crippen LogP contribution in [0, 0.1) is 17.6 Å². The van der Waals surface area contributed by atoms with Crippen molar-refractivity contribution in [2.45, 2.75) is 68.4 Å². The van der Waals surface area contributed by atoms with Gasteiger partial charge in [-0.3, -0.25) is 14.4 Å². The van der Waals surface area contributed by atoms with E-state index in [1.54, 1.807) is 29.2 Å². The van der Waals surface area contributed by atoms with Gasteiger partial charge in [-0.05, 0) is 78.4 Å². The van der Waals surface area contributed by atoms with Crippen LogP contribution < -0.4 is 20.3 Å². The number of nitrogens with zero attached hydrogens (tertiary/aromatic N) is 1. The molecule has 266 valence electrons. The number of ether oxygens (including phenoxy) is 1. The maximum absolute atomic E-state index is 13.6. The molecule has 4 N–H and O–H groups in total. The number of thioether (sulfide) groups is 1. The summed E-state index contributed by atoms with van der Waals surface area (Å²) in [6, 6.07) is 16.4. The minimum Gasteiger partial charge on any atom is -0.484 e. The van der Waals surface area contributed by atoms with Crippen molar-refractivity contribution in [1.29, 1.82) is 0 Å². The van der Waals surface area contributed by atoms with Crippen LogP contribution in [-0.2, 0) is 19.2 Å². The number of hydrogen-bond donors (Lipinski definition) is 4. The number of hydrogen-bond acceptors (Lipinski definition) is 7. The SMILES string of the molecule is O=C(COc1ccc(C2C(SCC(O)c3ccc(F)cc3)C(=O)N2c2ccc(F)cc2)cc1)NCC(=O)N[C@H](CCC1CCCCC1)C(=O)O. The first-order valence-corrected chi connectivity index (χ1v) is 17.8. The van der Waals surface area contributed by atoms with Gasteiger partial charge in [-0.15, -0.1) is 11.8 Å². The average molecular weight is 710 g/mol. The molecule has 50 heavy (non-hydrogen) atoms. The van der Waals surface area contributed by atoms with Crippen LogP contribution >= 0.6 is 11.8 Å². The molecule has 2 aliphatic rings. The maximum Gasteiger partial charge on any atom is 0.326 e. The molecule has 10 nitrogen and oxygen atoms in total. The molecule has 0 spiro atoms. The van der Waals surface area contributed by atoms with Crippen molar-refractivity contribution in [2.75, 3.05) is 23.8 Å². The maximum atomic E-state index is 13.6. The average Bonchev–Trinajstić information content (AvgIpc) is 3.12. The van der Waals surface area contributed by atoms with Crippen molar-refractivity contribution in [2.24, 2.45) is 5.92 Å². The van der Waals surface area contributed by atoms with Crippen LogP contribution in [0.1, 0.15) is 68.2 Å². The zero-order chi connectivity index (χ0) is 35.6. The van der Waals surface area contributed by atoms with Gasteiger partial charge < -0.3 is 30.5 Å². The smallest absolute Gasteiger partial charge is 0.326 e. The zero-order valence-electron chi connectivity index (χ0n) is 27.4. The number of anilines is 1. The number of aliphatic hydroxyl groups excluding tert-OH is 1. The van der Waals surface area contributed by atoms with Crippen LogP contribution in [0.3, 0.4) is 0 Å². The summed E-state index contributed by atoms with van der Waals surface area (Å²) in [5, 5.41) is 24.6. The Balaban J connectivity index is 1.13. The van der Waals surface area contributed by atoms with E-state index in [1.807, 2.05) is 0 Å². The third-order valence-corrected chi connectivity index (χ3v) is 10.4. The summed E-state index contributed by atoms with van der Waals surface area (Å²) >= 11 is 1.26. The van der Waals surface area contributed by atoms with E-state index in [1.165, 1.54) is 66.7 Å². The summed E-state index contributed by atoms with van der Waals surface area (Å²) in [4.78, 5) is 51.3. The molecular weight excluding hydrogens is 668 g/mol. The van der Waals surface area contributed by atoms with Gasteiger partial charge in [0.1, 0.15) is 28.7 Å². The number of amides is 3. The molecule has 2 fully saturated rings.